The lowest BCUT2D eigenvalue weighted by atomic mass is 9.45. The maximum absolute atomic E-state index is 16.2. The summed E-state index contributed by atoms with van der Waals surface area (Å²) in [4.78, 5) is 38.6. The number of fused-ring (bicyclic) bond motifs is 2. The summed E-state index contributed by atoms with van der Waals surface area (Å²) in [6, 6.07) is 16.6. The fraction of sp³-hybridized carbons (Fsp3) is 0.574. The van der Waals surface area contributed by atoms with Crippen LogP contribution in [0.3, 0.4) is 0 Å². The molecule has 0 radical (unpaired) electrons. The number of nitrogens with zero attached hydrogens (tertiary/aromatic N) is 3. The quantitative estimate of drug-likeness (QED) is 0.104. The molecule has 7 rings (SSSR count). The molecule has 6 N–H and O–H groups in total. The molecule has 0 spiro atoms. The first kappa shape index (κ1) is 46.4. The number of hydrogen-bond acceptors (Lipinski definition) is 11. The Labute approximate surface area is 359 Å². The molecule has 4 aliphatic rings. The Bertz CT molecular complexity index is 1960. The van der Waals surface area contributed by atoms with Crippen LogP contribution < -0.4 is 20.3 Å². The molecular weight excluding hydrogens is 782 g/mol. The van der Waals surface area contributed by atoms with Gasteiger partial charge in [0.2, 0.25) is 5.91 Å². The number of aliphatic hydroxyl groups is 4. The summed E-state index contributed by atoms with van der Waals surface area (Å²) in [6.07, 6.45) is 0.609. The highest BCUT2D eigenvalue weighted by Gasteiger charge is 2.57. The topological polar surface area (TPSA) is 167 Å². The van der Waals surface area contributed by atoms with E-state index in [1.165, 1.54) is 18.2 Å². The van der Waals surface area contributed by atoms with Gasteiger partial charge in [-0.25, -0.2) is 4.39 Å². The standard InChI is InChI=1S/C47H66FN5O8/c1-28-38-23-33(47(38,3)4)24-40(28)50-46(59)43-42(29(2)57)41(27-56)61-53(43)26-37-39(48)14-13-36(44(37)60-7)31-20-32(22-35(21-31)52(15-17-54)16-18-55)45(58)49-34(25-51(5)6)19-30-11-9-8-10-12-30/h8-14,20-22,28-29,33-34,38,40-43,54-57H,15-19,23-27H2,1-7H3,(H,49,58)(H,50,59)/t28-,29-,33+,34-,38-,40-,41-,42-,43-/m0/s1. The van der Waals surface area contributed by atoms with E-state index >= 15 is 4.39 Å². The highest BCUT2D eigenvalue weighted by molar-refractivity contribution is 5.97. The van der Waals surface area contributed by atoms with Crippen molar-refractivity contribution < 1.29 is 44.0 Å². The average molecular weight is 848 g/mol. The summed E-state index contributed by atoms with van der Waals surface area (Å²) in [6.45, 7) is 8.11. The molecule has 1 saturated heterocycles. The van der Waals surface area contributed by atoms with Gasteiger partial charge in [0.05, 0.1) is 39.6 Å². The second-order valence-corrected chi connectivity index (χ2v) is 18.2. The highest BCUT2D eigenvalue weighted by atomic mass is 19.1. The van der Waals surface area contributed by atoms with Gasteiger partial charge in [0.15, 0.2) is 0 Å². The van der Waals surface area contributed by atoms with Crippen LogP contribution in [0.2, 0.25) is 0 Å². The number of aliphatic hydroxyl groups excluding tert-OH is 4. The van der Waals surface area contributed by atoms with Crippen molar-refractivity contribution in [2.75, 3.05) is 65.6 Å². The fourth-order valence-corrected chi connectivity index (χ4v) is 10.3. The number of likely N-dealkylation sites (N-methyl/N-ethyl adjacent to an activating group) is 1. The molecule has 13 nitrogen and oxygen atoms in total. The summed E-state index contributed by atoms with van der Waals surface area (Å²) >= 11 is 0. The van der Waals surface area contributed by atoms with Crippen LogP contribution in [0.15, 0.2) is 60.7 Å². The second-order valence-electron chi connectivity index (χ2n) is 18.2. The predicted molar refractivity (Wildman–Crippen MR) is 232 cm³/mol. The molecule has 14 heteroatoms. The third-order valence-electron chi connectivity index (χ3n) is 13.6. The molecule has 61 heavy (non-hydrogen) atoms. The number of ether oxygens (including phenoxy) is 1. The zero-order valence-electron chi connectivity index (χ0n) is 36.7. The van der Waals surface area contributed by atoms with Crippen molar-refractivity contribution in [1.29, 1.82) is 0 Å². The lowest BCUT2D eigenvalue weighted by Crippen LogP contribution is -2.62. The minimum Gasteiger partial charge on any atom is -0.496 e. The van der Waals surface area contributed by atoms with Crippen molar-refractivity contribution in [3.05, 3.63) is 83.2 Å². The van der Waals surface area contributed by atoms with Gasteiger partial charge in [-0.1, -0.05) is 51.1 Å². The van der Waals surface area contributed by atoms with E-state index in [-0.39, 0.29) is 79.4 Å². The van der Waals surface area contributed by atoms with E-state index in [0.29, 0.717) is 47.2 Å². The van der Waals surface area contributed by atoms with E-state index in [2.05, 4.69) is 31.4 Å². The van der Waals surface area contributed by atoms with E-state index in [9.17, 15) is 30.0 Å². The number of rotatable bonds is 19. The lowest BCUT2D eigenvalue weighted by molar-refractivity contribution is -0.183. The van der Waals surface area contributed by atoms with Crippen molar-refractivity contribution in [3.8, 4) is 16.9 Å². The van der Waals surface area contributed by atoms with Gasteiger partial charge in [0, 0.05) is 60.0 Å². The molecule has 2 amide bonds. The molecule has 0 aromatic heterocycles. The molecule has 0 unspecified atom stereocenters. The Kier molecular flexibility index (Phi) is 15.1. The van der Waals surface area contributed by atoms with Crippen molar-refractivity contribution in [1.82, 2.24) is 20.6 Å². The molecule has 3 aliphatic carbocycles. The van der Waals surface area contributed by atoms with Crippen LogP contribution in [0.25, 0.3) is 11.1 Å². The van der Waals surface area contributed by atoms with Crippen LogP contribution in [-0.2, 0) is 22.6 Å². The molecule has 3 aromatic carbocycles. The molecule has 3 aromatic rings. The van der Waals surface area contributed by atoms with E-state index in [0.717, 1.165) is 18.4 Å². The Morgan fingerprint density at radius 3 is 2.33 bits per heavy atom. The average Bonchev–Trinajstić information content (AvgIpc) is 3.60. The van der Waals surface area contributed by atoms with E-state index in [1.807, 2.05) is 49.3 Å². The van der Waals surface area contributed by atoms with Crippen molar-refractivity contribution >= 4 is 17.5 Å². The monoisotopic (exact) mass is 847 g/mol. The number of amides is 2. The van der Waals surface area contributed by atoms with Crippen LogP contribution in [0, 0.1) is 34.9 Å². The van der Waals surface area contributed by atoms with E-state index < -0.39 is 36.6 Å². The van der Waals surface area contributed by atoms with E-state index in [1.54, 1.807) is 36.1 Å². The van der Waals surface area contributed by atoms with E-state index in [4.69, 9.17) is 9.57 Å². The number of halogens is 1. The second kappa shape index (κ2) is 19.9. The number of nitrogens with one attached hydrogen (secondary N) is 2. The van der Waals surface area contributed by atoms with Gasteiger partial charge in [0.1, 0.15) is 23.7 Å². The smallest absolute Gasteiger partial charge is 0.251 e. The summed E-state index contributed by atoms with van der Waals surface area (Å²) < 4.78 is 22.2. The molecule has 334 valence electrons. The minimum absolute atomic E-state index is 0.0719. The molecule has 9 atom stereocenters. The van der Waals surface area contributed by atoms with Gasteiger partial charge >= 0.3 is 0 Å². The van der Waals surface area contributed by atoms with Crippen LogP contribution in [0.5, 0.6) is 5.75 Å². The minimum atomic E-state index is -1.06. The molecular formula is C47H66FN5O8. The summed E-state index contributed by atoms with van der Waals surface area (Å²) in [7, 11) is 5.30. The Morgan fingerprint density at radius 2 is 1.74 bits per heavy atom. The number of methoxy groups -OCH3 is 1. The molecule has 2 bridgehead atoms. The zero-order valence-corrected chi connectivity index (χ0v) is 36.7. The Balaban J connectivity index is 1.36. The first-order chi connectivity index (χ1) is 29.1. The first-order valence-corrected chi connectivity index (χ1v) is 21.6. The normalized spacial score (nSPS) is 25.4. The van der Waals surface area contributed by atoms with Gasteiger partial charge in [-0.05, 0) is 105 Å². The maximum atomic E-state index is 16.2. The van der Waals surface area contributed by atoms with Gasteiger partial charge in [0.25, 0.3) is 5.91 Å². The Hall–Kier alpha value is -4.15. The van der Waals surface area contributed by atoms with Crippen LogP contribution >= 0.6 is 0 Å². The van der Waals surface area contributed by atoms with Gasteiger partial charge < -0.3 is 45.6 Å². The van der Waals surface area contributed by atoms with Gasteiger partial charge in [-0.15, -0.1) is 0 Å². The van der Waals surface area contributed by atoms with Gasteiger partial charge in [-0.2, -0.15) is 5.06 Å². The number of hydroxylamine groups is 2. The largest absolute Gasteiger partial charge is 0.496 e. The fourth-order valence-electron chi connectivity index (χ4n) is 10.3. The SMILES string of the molecule is COc1c(-c2cc(C(=O)N[C@@H](Cc3ccccc3)CN(C)C)cc(N(CCO)CCO)c2)ccc(F)c1CN1O[C@@H](CO)[C@H]([C@H](C)O)[C@H]1C(=O)N[C@H]1C[C@H]2C[C@@H]([C@@H]1C)C2(C)C. The molecule has 3 saturated carbocycles. The number of benzene rings is 3. The zero-order chi connectivity index (χ0) is 44.2. The Morgan fingerprint density at radius 1 is 1.03 bits per heavy atom. The maximum Gasteiger partial charge on any atom is 0.251 e. The number of carbonyl (C=O) groups excluding carboxylic acids is 2. The summed E-state index contributed by atoms with van der Waals surface area (Å²) in [5, 5.41) is 49.2. The first-order valence-electron chi connectivity index (χ1n) is 21.6. The van der Waals surface area contributed by atoms with Crippen molar-refractivity contribution in [3.63, 3.8) is 0 Å². The third-order valence-corrected chi connectivity index (χ3v) is 13.6. The summed E-state index contributed by atoms with van der Waals surface area (Å²) in [5.41, 5.74) is 3.16. The van der Waals surface area contributed by atoms with Crippen LogP contribution in [-0.4, -0.2) is 133 Å². The molecule has 1 aliphatic heterocycles. The molecule has 1 heterocycles. The van der Waals surface area contributed by atoms with Crippen LogP contribution in [0.4, 0.5) is 10.1 Å². The highest BCUT2D eigenvalue weighted by Crippen LogP contribution is 2.61. The number of anilines is 1. The third kappa shape index (κ3) is 10.1. The van der Waals surface area contributed by atoms with Crippen molar-refractivity contribution in [2.24, 2.45) is 29.1 Å². The van der Waals surface area contributed by atoms with Gasteiger partial charge in [-0.3, -0.25) is 14.4 Å². The number of hydrogen-bond donors (Lipinski definition) is 6. The van der Waals surface area contributed by atoms with Crippen molar-refractivity contribution in [2.45, 2.75) is 83.8 Å². The predicted octanol–water partition coefficient (Wildman–Crippen LogP) is 3.86. The summed E-state index contributed by atoms with van der Waals surface area (Å²) in [5.74, 6) is -0.791. The molecule has 4 fully saturated rings. The number of carbonyl (C=O) groups is 2. The lowest BCUT2D eigenvalue weighted by Gasteiger charge is -2.62. The van der Waals surface area contributed by atoms with Crippen LogP contribution in [0.1, 0.15) is 62.0 Å².